The Balaban J connectivity index is 2.77. The monoisotopic (exact) mass is 271 g/mol. The molecule has 0 bridgehead atoms. The molecule has 18 heavy (non-hydrogen) atoms. The van der Waals surface area contributed by atoms with Crippen molar-refractivity contribution in [1.82, 2.24) is 0 Å². The van der Waals surface area contributed by atoms with E-state index >= 15 is 0 Å². The number of hydrogen-bond donors (Lipinski definition) is 2. The fraction of sp³-hybridized carbons (Fsp3) is 0.417. The van der Waals surface area contributed by atoms with Crippen molar-refractivity contribution in [1.29, 1.82) is 0 Å². The van der Waals surface area contributed by atoms with E-state index in [-0.39, 0.29) is 23.6 Å². The molecule has 0 amide bonds. The fourth-order valence-corrected chi connectivity index (χ4v) is 2.18. The van der Waals surface area contributed by atoms with E-state index in [1.165, 1.54) is 0 Å². The standard InChI is InChI=1S/C12H17NO4S/c1-3-18(16,17)7-6-13-11-5-4-9(2)8-10(11)12(14)15/h4-5,8,13H,3,6-7H2,1-2H3,(H,14,15). The number of aryl methyl sites for hydroxylation is 1. The van der Waals surface area contributed by atoms with Gasteiger partial charge in [-0.15, -0.1) is 0 Å². The molecule has 0 radical (unpaired) electrons. The van der Waals surface area contributed by atoms with Gasteiger partial charge in [0.1, 0.15) is 0 Å². The maximum Gasteiger partial charge on any atom is 0.337 e. The Morgan fingerprint density at radius 1 is 1.39 bits per heavy atom. The van der Waals surface area contributed by atoms with Crippen LogP contribution in [0.4, 0.5) is 5.69 Å². The first-order valence-electron chi connectivity index (χ1n) is 5.64. The van der Waals surface area contributed by atoms with Crippen LogP contribution in [0.5, 0.6) is 0 Å². The van der Waals surface area contributed by atoms with Crippen molar-refractivity contribution in [2.45, 2.75) is 13.8 Å². The number of rotatable bonds is 6. The van der Waals surface area contributed by atoms with Crippen molar-refractivity contribution in [2.24, 2.45) is 0 Å². The Morgan fingerprint density at radius 2 is 2.06 bits per heavy atom. The molecular weight excluding hydrogens is 254 g/mol. The maximum atomic E-state index is 11.3. The third-order valence-electron chi connectivity index (χ3n) is 2.57. The highest BCUT2D eigenvalue weighted by Crippen LogP contribution is 2.17. The zero-order valence-corrected chi connectivity index (χ0v) is 11.3. The Bertz CT molecular complexity index is 537. The van der Waals surface area contributed by atoms with Crippen LogP contribution in [0, 0.1) is 6.92 Å². The van der Waals surface area contributed by atoms with E-state index < -0.39 is 15.8 Å². The molecule has 2 N–H and O–H groups in total. The molecule has 0 aliphatic rings. The topological polar surface area (TPSA) is 83.5 Å². The number of benzene rings is 1. The van der Waals surface area contributed by atoms with Gasteiger partial charge in [0.15, 0.2) is 9.84 Å². The lowest BCUT2D eigenvalue weighted by Crippen LogP contribution is -2.18. The van der Waals surface area contributed by atoms with Gasteiger partial charge >= 0.3 is 5.97 Å². The van der Waals surface area contributed by atoms with Crippen LogP contribution < -0.4 is 5.32 Å². The molecular formula is C12H17NO4S. The van der Waals surface area contributed by atoms with E-state index in [9.17, 15) is 13.2 Å². The fourth-order valence-electron chi connectivity index (χ4n) is 1.47. The minimum absolute atomic E-state index is 0.00354. The number of hydrogen-bond acceptors (Lipinski definition) is 4. The highest BCUT2D eigenvalue weighted by atomic mass is 32.2. The van der Waals surface area contributed by atoms with Crippen LogP contribution in [0.2, 0.25) is 0 Å². The summed E-state index contributed by atoms with van der Waals surface area (Å²) in [6.07, 6.45) is 0. The first-order chi connectivity index (χ1) is 8.35. The molecule has 6 heteroatoms. The number of carbonyl (C=O) groups is 1. The maximum absolute atomic E-state index is 11.3. The highest BCUT2D eigenvalue weighted by molar-refractivity contribution is 7.91. The van der Waals surface area contributed by atoms with Crippen LogP contribution in [0.25, 0.3) is 0 Å². The molecule has 100 valence electrons. The summed E-state index contributed by atoms with van der Waals surface area (Å²) in [7, 11) is -3.04. The molecule has 0 aliphatic heterocycles. The van der Waals surface area contributed by atoms with Gasteiger partial charge in [-0.25, -0.2) is 13.2 Å². The molecule has 0 heterocycles. The number of sulfone groups is 1. The van der Waals surface area contributed by atoms with Gasteiger partial charge in [0.2, 0.25) is 0 Å². The molecule has 1 rings (SSSR count). The summed E-state index contributed by atoms with van der Waals surface area (Å²) < 4.78 is 22.6. The van der Waals surface area contributed by atoms with Crippen LogP contribution >= 0.6 is 0 Å². The van der Waals surface area contributed by atoms with Crippen molar-refractivity contribution in [3.8, 4) is 0 Å². The molecule has 1 aromatic rings. The predicted molar refractivity (Wildman–Crippen MR) is 71.0 cm³/mol. The van der Waals surface area contributed by atoms with E-state index in [2.05, 4.69) is 5.32 Å². The van der Waals surface area contributed by atoms with E-state index in [1.54, 1.807) is 32.0 Å². The summed E-state index contributed by atoms with van der Waals surface area (Å²) in [6, 6.07) is 4.99. The van der Waals surface area contributed by atoms with Crippen LogP contribution in [0.3, 0.4) is 0 Å². The molecule has 0 atom stereocenters. The summed E-state index contributed by atoms with van der Waals surface area (Å²) >= 11 is 0. The van der Waals surface area contributed by atoms with Gasteiger partial charge in [0.05, 0.1) is 11.3 Å². The summed E-state index contributed by atoms with van der Waals surface area (Å²) in [5, 5.41) is 11.9. The van der Waals surface area contributed by atoms with Crippen LogP contribution in [0.1, 0.15) is 22.8 Å². The minimum Gasteiger partial charge on any atom is -0.478 e. The van der Waals surface area contributed by atoms with Gasteiger partial charge in [-0.1, -0.05) is 18.6 Å². The van der Waals surface area contributed by atoms with Gasteiger partial charge in [-0.05, 0) is 19.1 Å². The third-order valence-corrected chi connectivity index (χ3v) is 4.28. The minimum atomic E-state index is -3.04. The number of carboxylic acid groups (broad SMARTS) is 1. The van der Waals surface area contributed by atoms with Gasteiger partial charge in [0.25, 0.3) is 0 Å². The molecule has 1 aromatic carbocycles. The SMILES string of the molecule is CCS(=O)(=O)CCNc1ccc(C)cc1C(=O)O. The normalized spacial score (nSPS) is 11.2. The lowest BCUT2D eigenvalue weighted by Gasteiger charge is -2.10. The van der Waals surface area contributed by atoms with E-state index in [0.29, 0.717) is 5.69 Å². The second-order valence-electron chi connectivity index (χ2n) is 4.02. The summed E-state index contributed by atoms with van der Waals surface area (Å²) in [5.74, 6) is -0.940. The smallest absolute Gasteiger partial charge is 0.337 e. The largest absolute Gasteiger partial charge is 0.478 e. The highest BCUT2D eigenvalue weighted by Gasteiger charge is 2.11. The first-order valence-corrected chi connectivity index (χ1v) is 7.46. The van der Waals surface area contributed by atoms with Crippen molar-refractivity contribution in [3.05, 3.63) is 29.3 Å². The number of carboxylic acids is 1. The summed E-state index contributed by atoms with van der Waals surface area (Å²) in [4.78, 5) is 11.0. The Kier molecular flexibility index (Phi) is 4.72. The van der Waals surface area contributed by atoms with Crippen LogP contribution in [-0.4, -0.2) is 37.5 Å². The van der Waals surface area contributed by atoms with Gasteiger partial charge in [0, 0.05) is 18.0 Å². The average Bonchev–Trinajstić information content (AvgIpc) is 2.30. The molecule has 0 aromatic heterocycles. The Morgan fingerprint density at radius 3 is 2.61 bits per heavy atom. The zero-order chi connectivity index (χ0) is 13.8. The van der Waals surface area contributed by atoms with E-state index in [0.717, 1.165) is 5.56 Å². The summed E-state index contributed by atoms with van der Waals surface area (Å²) in [6.45, 7) is 3.60. The summed E-state index contributed by atoms with van der Waals surface area (Å²) in [5.41, 5.74) is 1.45. The molecule has 0 unspecified atom stereocenters. The lowest BCUT2D eigenvalue weighted by molar-refractivity contribution is 0.0698. The second kappa shape index (κ2) is 5.86. The molecule has 0 saturated carbocycles. The van der Waals surface area contributed by atoms with Crippen molar-refractivity contribution in [2.75, 3.05) is 23.4 Å². The van der Waals surface area contributed by atoms with Gasteiger partial charge < -0.3 is 10.4 Å². The molecule has 0 spiro atoms. The van der Waals surface area contributed by atoms with Crippen molar-refractivity contribution < 1.29 is 18.3 Å². The predicted octanol–water partition coefficient (Wildman–Crippen LogP) is 1.54. The first kappa shape index (κ1) is 14.5. The Hall–Kier alpha value is -1.56. The molecule has 0 saturated heterocycles. The zero-order valence-electron chi connectivity index (χ0n) is 10.4. The van der Waals surface area contributed by atoms with Crippen molar-refractivity contribution >= 4 is 21.5 Å². The number of aromatic carboxylic acids is 1. The lowest BCUT2D eigenvalue weighted by atomic mass is 10.1. The molecule has 0 fully saturated rings. The molecule has 0 aliphatic carbocycles. The Labute approximate surface area is 107 Å². The van der Waals surface area contributed by atoms with E-state index in [4.69, 9.17) is 5.11 Å². The van der Waals surface area contributed by atoms with Gasteiger partial charge in [-0.2, -0.15) is 0 Å². The van der Waals surface area contributed by atoms with Gasteiger partial charge in [-0.3, -0.25) is 0 Å². The quantitative estimate of drug-likeness (QED) is 0.820. The van der Waals surface area contributed by atoms with Crippen LogP contribution in [0.15, 0.2) is 18.2 Å². The van der Waals surface area contributed by atoms with Crippen LogP contribution in [-0.2, 0) is 9.84 Å². The average molecular weight is 271 g/mol. The second-order valence-corrected chi connectivity index (χ2v) is 6.49. The van der Waals surface area contributed by atoms with Crippen molar-refractivity contribution in [3.63, 3.8) is 0 Å². The molecule has 5 nitrogen and oxygen atoms in total. The van der Waals surface area contributed by atoms with E-state index in [1.807, 2.05) is 0 Å². The third kappa shape index (κ3) is 4.03. The number of anilines is 1. The number of nitrogens with one attached hydrogen (secondary N) is 1.